The largest absolute Gasteiger partial charge is 0.459 e. The van der Waals surface area contributed by atoms with Gasteiger partial charge in [0, 0.05) is 5.02 Å². The molecule has 154 valence electrons. The molecule has 0 heterocycles. The summed E-state index contributed by atoms with van der Waals surface area (Å²) >= 11 is 12.0. The molecule has 0 spiro atoms. The van der Waals surface area contributed by atoms with Crippen LogP contribution in [0.1, 0.15) is 36.7 Å². The van der Waals surface area contributed by atoms with Crippen molar-refractivity contribution in [1.29, 1.82) is 0 Å². The summed E-state index contributed by atoms with van der Waals surface area (Å²) in [5, 5.41) is 0.346. The quantitative estimate of drug-likeness (QED) is 0.607. The van der Waals surface area contributed by atoms with Gasteiger partial charge in [0.05, 0.1) is 10.6 Å². The van der Waals surface area contributed by atoms with Crippen molar-refractivity contribution >= 4 is 41.2 Å². The summed E-state index contributed by atoms with van der Waals surface area (Å²) in [5.74, 6) is -1.59. The fraction of sp³-hybridized carbons (Fsp3) is 0.286. The Morgan fingerprint density at radius 2 is 1.66 bits per heavy atom. The summed E-state index contributed by atoms with van der Waals surface area (Å²) in [4.78, 5) is 38.5. The number of ether oxygens (including phenoxy) is 2. The van der Waals surface area contributed by atoms with E-state index in [1.807, 2.05) is 6.07 Å². The Morgan fingerprint density at radius 1 is 1.00 bits per heavy atom. The maximum atomic E-state index is 12.9. The molecule has 6 nitrogen and oxygen atoms in total. The van der Waals surface area contributed by atoms with Gasteiger partial charge in [-0.2, -0.15) is 0 Å². The molecule has 29 heavy (non-hydrogen) atoms. The average molecular weight is 438 g/mol. The summed E-state index contributed by atoms with van der Waals surface area (Å²) < 4.78 is 10.4. The number of hydrogen-bond acceptors (Lipinski definition) is 5. The molecule has 0 atom stereocenters. The lowest BCUT2D eigenvalue weighted by atomic mass is 10.2. The lowest BCUT2D eigenvalue weighted by molar-refractivity contribution is -0.145. The Hall–Kier alpha value is -2.57. The minimum Gasteiger partial charge on any atom is -0.459 e. The van der Waals surface area contributed by atoms with E-state index in [-0.39, 0.29) is 22.2 Å². The zero-order valence-corrected chi connectivity index (χ0v) is 17.8. The molecule has 2 aromatic rings. The molecule has 0 bridgehead atoms. The predicted octanol–water partition coefficient (Wildman–Crippen LogP) is 5.11. The van der Waals surface area contributed by atoms with Crippen LogP contribution in [-0.4, -0.2) is 35.0 Å². The number of hydrogen-bond donors (Lipinski definition) is 0. The first kappa shape index (κ1) is 22.7. The zero-order chi connectivity index (χ0) is 21.6. The SMILES string of the molecule is CC(C)(C)OC(=O)N(CC(=O)OCc1ccccc1)C(=O)c1cc(Cl)ccc1Cl. The minimum absolute atomic E-state index is 0.00788. The highest BCUT2D eigenvalue weighted by Crippen LogP contribution is 2.23. The number of halogens is 2. The molecule has 0 radical (unpaired) electrons. The van der Waals surface area contributed by atoms with Crippen LogP contribution in [0.4, 0.5) is 4.79 Å². The van der Waals surface area contributed by atoms with Crippen LogP contribution in [-0.2, 0) is 20.9 Å². The van der Waals surface area contributed by atoms with Crippen molar-refractivity contribution in [2.24, 2.45) is 0 Å². The van der Waals surface area contributed by atoms with Gasteiger partial charge in [-0.15, -0.1) is 0 Å². The van der Waals surface area contributed by atoms with Crippen LogP contribution >= 0.6 is 23.2 Å². The first-order chi connectivity index (χ1) is 13.6. The van der Waals surface area contributed by atoms with Crippen molar-refractivity contribution < 1.29 is 23.9 Å². The highest BCUT2D eigenvalue weighted by atomic mass is 35.5. The molecule has 0 aliphatic rings. The van der Waals surface area contributed by atoms with Crippen LogP contribution in [0.2, 0.25) is 10.0 Å². The Kier molecular flexibility index (Phi) is 7.65. The van der Waals surface area contributed by atoms with E-state index in [0.29, 0.717) is 4.90 Å². The molecule has 8 heteroatoms. The maximum absolute atomic E-state index is 12.9. The van der Waals surface area contributed by atoms with Crippen molar-refractivity contribution in [3.63, 3.8) is 0 Å². The predicted molar refractivity (Wildman–Crippen MR) is 110 cm³/mol. The van der Waals surface area contributed by atoms with Crippen LogP contribution < -0.4 is 0 Å². The van der Waals surface area contributed by atoms with E-state index < -0.39 is 30.1 Å². The Labute approximate surface area is 179 Å². The van der Waals surface area contributed by atoms with Crippen molar-refractivity contribution in [2.45, 2.75) is 33.0 Å². The number of carbonyl (C=O) groups excluding carboxylic acids is 3. The molecule has 0 aliphatic carbocycles. The maximum Gasteiger partial charge on any atom is 0.417 e. The first-order valence-electron chi connectivity index (χ1n) is 8.76. The molecular weight excluding hydrogens is 417 g/mol. The average Bonchev–Trinajstić information content (AvgIpc) is 2.65. The second-order valence-corrected chi connectivity index (χ2v) is 7.99. The van der Waals surface area contributed by atoms with E-state index in [2.05, 4.69) is 0 Å². The van der Waals surface area contributed by atoms with Crippen LogP contribution in [0, 0.1) is 0 Å². The van der Waals surface area contributed by atoms with Gasteiger partial charge in [0.15, 0.2) is 0 Å². The molecule has 0 unspecified atom stereocenters. The van der Waals surface area contributed by atoms with Crippen LogP contribution in [0.15, 0.2) is 48.5 Å². The molecule has 0 aromatic heterocycles. The van der Waals surface area contributed by atoms with Gasteiger partial charge < -0.3 is 9.47 Å². The standard InChI is InChI=1S/C21H21Cl2NO5/c1-21(2,3)29-20(27)24(19(26)16-11-15(22)9-10-17(16)23)12-18(25)28-13-14-7-5-4-6-8-14/h4-11H,12-13H2,1-3H3. The molecule has 0 saturated carbocycles. The number of imide groups is 1. The monoisotopic (exact) mass is 437 g/mol. The summed E-state index contributed by atoms with van der Waals surface area (Å²) in [6, 6.07) is 13.3. The Bertz CT molecular complexity index is 894. The second kappa shape index (κ2) is 9.76. The number of carbonyl (C=O) groups is 3. The molecule has 0 aliphatic heterocycles. The van der Waals surface area contributed by atoms with Gasteiger partial charge in [-0.3, -0.25) is 9.59 Å². The van der Waals surface area contributed by atoms with E-state index >= 15 is 0 Å². The van der Waals surface area contributed by atoms with Crippen LogP contribution in [0.5, 0.6) is 0 Å². The van der Waals surface area contributed by atoms with E-state index in [1.54, 1.807) is 45.0 Å². The van der Waals surface area contributed by atoms with E-state index in [1.165, 1.54) is 18.2 Å². The first-order valence-corrected chi connectivity index (χ1v) is 9.52. The second-order valence-electron chi connectivity index (χ2n) is 7.14. The third-order valence-electron chi connectivity index (χ3n) is 3.55. The lowest BCUT2D eigenvalue weighted by Crippen LogP contribution is -2.44. The normalized spacial score (nSPS) is 10.9. The van der Waals surface area contributed by atoms with Gasteiger partial charge in [0.25, 0.3) is 5.91 Å². The van der Waals surface area contributed by atoms with Gasteiger partial charge in [-0.25, -0.2) is 9.69 Å². The number of esters is 1. The summed E-state index contributed by atoms with van der Waals surface area (Å²) in [6.45, 7) is 4.31. The summed E-state index contributed by atoms with van der Waals surface area (Å²) in [5.41, 5.74) is -0.128. The van der Waals surface area contributed by atoms with Crippen molar-refractivity contribution in [3.05, 3.63) is 69.7 Å². The smallest absolute Gasteiger partial charge is 0.417 e. The Morgan fingerprint density at radius 3 is 2.28 bits per heavy atom. The van der Waals surface area contributed by atoms with Gasteiger partial charge in [0.2, 0.25) is 0 Å². The number of nitrogens with zero attached hydrogens (tertiary/aromatic N) is 1. The topological polar surface area (TPSA) is 72.9 Å². The lowest BCUT2D eigenvalue weighted by Gasteiger charge is -2.26. The molecule has 0 fully saturated rings. The van der Waals surface area contributed by atoms with E-state index in [4.69, 9.17) is 32.7 Å². The third kappa shape index (κ3) is 7.07. The highest BCUT2D eigenvalue weighted by Gasteiger charge is 2.31. The molecule has 0 saturated heterocycles. The highest BCUT2D eigenvalue weighted by molar-refractivity contribution is 6.36. The van der Waals surface area contributed by atoms with Gasteiger partial charge in [-0.05, 0) is 44.5 Å². The number of benzene rings is 2. The molecule has 2 aromatic carbocycles. The van der Waals surface area contributed by atoms with Gasteiger partial charge >= 0.3 is 12.1 Å². The van der Waals surface area contributed by atoms with Crippen molar-refractivity contribution in [3.8, 4) is 0 Å². The summed E-state index contributed by atoms with van der Waals surface area (Å²) in [6.07, 6.45) is -0.991. The summed E-state index contributed by atoms with van der Waals surface area (Å²) in [7, 11) is 0. The van der Waals surface area contributed by atoms with Crippen molar-refractivity contribution in [1.82, 2.24) is 4.90 Å². The molecule has 0 N–H and O–H groups in total. The van der Waals surface area contributed by atoms with Crippen LogP contribution in [0.3, 0.4) is 0 Å². The fourth-order valence-electron chi connectivity index (χ4n) is 2.26. The molecule has 2 rings (SSSR count). The zero-order valence-electron chi connectivity index (χ0n) is 16.3. The van der Waals surface area contributed by atoms with Crippen LogP contribution in [0.25, 0.3) is 0 Å². The molecule has 2 amide bonds. The van der Waals surface area contributed by atoms with Gasteiger partial charge in [-0.1, -0.05) is 53.5 Å². The van der Waals surface area contributed by atoms with Gasteiger partial charge in [0.1, 0.15) is 18.8 Å². The third-order valence-corrected chi connectivity index (χ3v) is 4.11. The minimum atomic E-state index is -0.991. The number of amides is 2. The van der Waals surface area contributed by atoms with Crippen molar-refractivity contribution in [2.75, 3.05) is 6.54 Å². The van der Waals surface area contributed by atoms with E-state index in [0.717, 1.165) is 5.56 Å². The fourth-order valence-corrected chi connectivity index (χ4v) is 2.63. The molecular formula is C21H21Cl2NO5. The Balaban J connectivity index is 2.20. The van der Waals surface area contributed by atoms with E-state index in [9.17, 15) is 14.4 Å². The number of rotatable bonds is 5.